The fraction of sp³-hybridized carbons (Fsp3) is 0.222. The highest BCUT2D eigenvalue weighted by Gasteiger charge is 2.09. The van der Waals surface area contributed by atoms with Crippen LogP contribution in [-0.4, -0.2) is 17.6 Å². The molecule has 0 saturated carbocycles. The lowest BCUT2D eigenvalue weighted by atomic mass is 10.3. The summed E-state index contributed by atoms with van der Waals surface area (Å²) in [5.74, 6) is 0.0161. The van der Waals surface area contributed by atoms with E-state index in [0.717, 1.165) is 17.0 Å². The zero-order valence-corrected chi connectivity index (χ0v) is 16.0. The molecule has 7 heteroatoms. The summed E-state index contributed by atoms with van der Waals surface area (Å²) in [4.78, 5) is 24.6. The molecule has 2 amide bonds. The fourth-order valence-corrected chi connectivity index (χ4v) is 3.15. The summed E-state index contributed by atoms with van der Waals surface area (Å²) < 4.78 is 0. The Morgan fingerprint density at radius 3 is 2.56 bits per heavy atom. The largest absolute Gasteiger partial charge is 0.326 e. The van der Waals surface area contributed by atoms with Crippen LogP contribution < -0.4 is 10.6 Å². The molecule has 0 bridgehead atoms. The van der Waals surface area contributed by atoms with Crippen molar-refractivity contribution >= 4 is 58.2 Å². The molecule has 2 aromatic carbocycles. The maximum atomic E-state index is 12.1. The first kappa shape index (κ1) is 19.6. The van der Waals surface area contributed by atoms with Crippen LogP contribution in [-0.2, 0) is 9.59 Å². The highest BCUT2D eigenvalue weighted by molar-refractivity contribution is 8.00. The number of anilines is 2. The molecular weight excluding hydrogens is 379 g/mol. The van der Waals surface area contributed by atoms with Crippen LogP contribution in [0.4, 0.5) is 11.4 Å². The second kappa shape index (κ2) is 9.70. The minimum Gasteiger partial charge on any atom is -0.326 e. The molecule has 4 nitrogen and oxygen atoms in total. The summed E-state index contributed by atoms with van der Waals surface area (Å²) in [6.07, 6.45) is 1.28. The highest BCUT2D eigenvalue weighted by atomic mass is 35.5. The van der Waals surface area contributed by atoms with Gasteiger partial charge in [-0.3, -0.25) is 9.59 Å². The minimum atomic E-state index is -0.186. The van der Waals surface area contributed by atoms with Crippen molar-refractivity contribution in [3.63, 3.8) is 0 Å². The van der Waals surface area contributed by atoms with Gasteiger partial charge in [0.25, 0.3) is 0 Å². The predicted octanol–water partition coefficient (Wildman–Crippen LogP) is 5.46. The Morgan fingerprint density at radius 2 is 1.80 bits per heavy atom. The number of nitrogens with one attached hydrogen (secondary N) is 2. The average molecular weight is 397 g/mol. The molecule has 132 valence electrons. The van der Waals surface area contributed by atoms with E-state index in [2.05, 4.69) is 10.6 Å². The standard InChI is InChI=1S/C18H18Cl2N2O2S/c1-2-5-16(23)21-12-6-3-7-13(10-12)25-11-17(24)22-15-9-4-8-14(19)18(15)20/h3-4,6-10H,2,5,11H2,1H3,(H,21,23)(H,22,24). The monoisotopic (exact) mass is 396 g/mol. The Kier molecular flexibility index (Phi) is 7.62. The summed E-state index contributed by atoms with van der Waals surface area (Å²) in [7, 11) is 0. The zero-order valence-electron chi connectivity index (χ0n) is 13.6. The van der Waals surface area contributed by atoms with Crippen molar-refractivity contribution in [2.75, 3.05) is 16.4 Å². The summed E-state index contributed by atoms with van der Waals surface area (Å²) in [5, 5.41) is 6.29. The van der Waals surface area contributed by atoms with Crippen molar-refractivity contribution < 1.29 is 9.59 Å². The van der Waals surface area contributed by atoms with Crippen molar-refractivity contribution in [1.82, 2.24) is 0 Å². The quantitative estimate of drug-likeness (QED) is 0.610. The van der Waals surface area contributed by atoms with E-state index >= 15 is 0 Å². The second-order valence-corrected chi connectivity index (χ2v) is 7.10. The number of amides is 2. The van der Waals surface area contributed by atoms with Crippen LogP contribution in [0.15, 0.2) is 47.4 Å². The van der Waals surface area contributed by atoms with Gasteiger partial charge in [-0.15, -0.1) is 11.8 Å². The number of hydrogen-bond acceptors (Lipinski definition) is 3. The highest BCUT2D eigenvalue weighted by Crippen LogP contribution is 2.30. The number of thioether (sulfide) groups is 1. The molecule has 0 heterocycles. The maximum absolute atomic E-state index is 12.1. The van der Waals surface area contributed by atoms with Crippen LogP contribution in [0.3, 0.4) is 0 Å². The van der Waals surface area contributed by atoms with Crippen molar-refractivity contribution in [2.45, 2.75) is 24.7 Å². The van der Waals surface area contributed by atoms with Gasteiger partial charge in [-0.2, -0.15) is 0 Å². The van der Waals surface area contributed by atoms with E-state index in [-0.39, 0.29) is 17.6 Å². The Labute approximate surface area is 161 Å². The van der Waals surface area contributed by atoms with E-state index in [1.54, 1.807) is 18.2 Å². The van der Waals surface area contributed by atoms with Gasteiger partial charge >= 0.3 is 0 Å². The number of rotatable bonds is 7. The van der Waals surface area contributed by atoms with Crippen LogP contribution in [0.5, 0.6) is 0 Å². The Bertz CT molecular complexity index is 768. The van der Waals surface area contributed by atoms with Gasteiger partial charge in [-0.25, -0.2) is 0 Å². The van der Waals surface area contributed by atoms with Gasteiger partial charge in [0.05, 0.1) is 21.5 Å². The normalized spacial score (nSPS) is 10.4. The summed E-state index contributed by atoms with van der Waals surface area (Å²) in [6, 6.07) is 12.5. The molecular formula is C18H18Cl2N2O2S. The van der Waals surface area contributed by atoms with Gasteiger partial charge in [-0.05, 0) is 36.8 Å². The number of carbonyl (C=O) groups is 2. The van der Waals surface area contributed by atoms with Gasteiger partial charge in [0.1, 0.15) is 0 Å². The summed E-state index contributed by atoms with van der Waals surface area (Å²) in [5.41, 5.74) is 1.21. The van der Waals surface area contributed by atoms with Gasteiger partial charge in [0.2, 0.25) is 11.8 Å². The van der Waals surface area contributed by atoms with E-state index in [9.17, 15) is 9.59 Å². The molecule has 0 aliphatic heterocycles. The van der Waals surface area contributed by atoms with Crippen LogP contribution in [0.1, 0.15) is 19.8 Å². The number of halogens is 2. The maximum Gasteiger partial charge on any atom is 0.234 e. The fourth-order valence-electron chi connectivity index (χ4n) is 2.05. The second-order valence-electron chi connectivity index (χ2n) is 5.26. The zero-order chi connectivity index (χ0) is 18.2. The van der Waals surface area contributed by atoms with Crippen LogP contribution in [0.2, 0.25) is 10.0 Å². The smallest absolute Gasteiger partial charge is 0.234 e. The molecule has 2 N–H and O–H groups in total. The molecule has 0 atom stereocenters. The summed E-state index contributed by atoms with van der Waals surface area (Å²) >= 11 is 13.4. The first-order valence-electron chi connectivity index (χ1n) is 7.76. The first-order chi connectivity index (χ1) is 12.0. The molecule has 0 radical (unpaired) electrons. The van der Waals surface area contributed by atoms with Crippen molar-refractivity contribution in [2.24, 2.45) is 0 Å². The third kappa shape index (κ3) is 6.27. The molecule has 0 aliphatic rings. The van der Waals surface area contributed by atoms with Crippen LogP contribution in [0, 0.1) is 0 Å². The Balaban J connectivity index is 1.91. The molecule has 25 heavy (non-hydrogen) atoms. The Morgan fingerprint density at radius 1 is 1.04 bits per heavy atom. The number of hydrogen-bond donors (Lipinski definition) is 2. The average Bonchev–Trinajstić information content (AvgIpc) is 2.58. The van der Waals surface area contributed by atoms with Crippen molar-refractivity contribution in [3.8, 4) is 0 Å². The number of benzene rings is 2. The third-order valence-electron chi connectivity index (χ3n) is 3.19. The van der Waals surface area contributed by atoms with E-state index in [1.165, 1.54) is 11.8 Å². The van der Waals surface area contributed by atoms with Crippen molar-refractivity contribution in [1.29, 1.82) is 0 Å². The number of carbonyl (C=O) groups excluding carboxylic acids is 2. The van der Waals surface area contributed by atoms with E-state index < -0.39 is 0 Å². The molecule has 0 aliphatic carbocycles. The Hall–Kier alpha value is -1.69. The lowest BCUT2D eigenvalue weighted by Gasteiger charge is -2.09. The van der Waals surface area contributed by atoms with Gasteiger partial charge < -0.3 is 10.6 Å². The SMILES string of the molecule is CCCC(=O)Nc1cccc(SCC(=O)Nc2cccc(Cl)c2Cl)c1. The molecule has 0 fully saturated rings. The minimum absolute atomic E-state index is 0.0157. The van der Waals surface area contributed by atoms with Crippen LogP contribution >= 0.6 is 35.0 Å². The molecule has 0 saturated heterocycles. The van der Waals surface area contributed by atoms with Gasteiger partial charge in [0.15, 0.2) is 0 Å². The molecule has 0 unspecified atom stereocenters. The predicted molar refractivity (Wildman–Crippen MR) is 106 cm³/mol. The first-order valence-corrected chi connectivity index (χ1v) is 9.50. The van der Waals surface area contributed by atoms with E-state index in [0.29, 0.717) is 22.2 Å². The molecule has 2 aromatic rings. The molecule has 0 spiro atoms. The lowest BCUT2D eigenvalue weighted by Crippen LogP contribution is -2.14. The van der Waals surface area contributed by atoms with Crippen molar-refractivity contribution in [3.05, 3.63) is 52.5 Å². The van der Waals surface area contributed by atoms with E-state index in [4.69, 9.17) is 23.2 Å². The third-order valence-corrected chi connectivity index (χ3v) is 5.00. The van der Waals surface area contributed by atoms with Gasteiger partial charge in [-0.1, -0.05) is 42.3 Å². The topological polar surface area (TPSA) is 58.2 Å². The lowest BCUT2D eigenvalue weighted by molar-refractivity contribution is -0.116. The summed E-state index contributed by atoms with van der Waals surface area (Å²) in [6.45, 7) is 1.95. The van der Waals surface area contributed by atoms with Gasteiger partial charge in [0, 0.05) is 17.0 Å². The van der Waals surface area contributed by atoms with Crippen LogP contribution in [0.25, 0.3) is 0 Å². The van der Waals surface area contributed by atoms with E-state index in [1.807, 2.05) is 31.2 Å². The molecule has 2 rings (SSSR count). The molecule has 0 aromatic heterocycles.